The van der Waals surface area contributed by atoms with Gasteiger partial charge in [0.25, 0.3) is 0 Å². The van der Waals surface area contributed by atoms with Gasteiger partial charge in [-0.25, -0.2) is 4.98 Å². The molecule has 5 heteroatoms. The van der Waals surface area contributed by atoms with E-state index in [9.17, 15) is 4.79 Å². The predicted octanol–water partition coefficient (Wildman–Crippen LogP) is 2.35. The lowest BCUT2D eigenvalue weighted by molar-refractivity contribution is -0.121. The summed E-state index contributed by atoms with van der Waals surface area (Å²) in [6.07, 6.45) is 6.46. The maximum atomic E-state index is 12.0. The molecule has 1 heterocycles. The number of carbonyl (C=O) groups is 1. The number of nitrogens with zero attached hydrogens (tertiary/aromatic N) is 1. The molecule has 2 atom stereocenters. The van der Waals surface area contributed by atoms with Crippen LogP contribution < -0.4 is 11.1 Å². The van der Waals surface area contributed by atoms with Gasteiger partial charge < -0.3 is 11.1 Å². The zero-order valence-corrected chi connectivity index (χ0v) is 11.6. The highest BCUT2D eigenvalue weighted by Gasteiger charge is 2.21. The summed E-state index contributed by atoms with van der Waals surface area (Å²) in [7, 11) is 0. The lowest BCUT2D eigenvalue weighted by atomic mass is 9.97. The van der Waals surface area contributed by atoms with Crippen LogP contribution in [0.5, 0.6) is 0 Å². The fraction of sp³-hybridized carbons (Fsp3) is 0.692. The van der Waals surface area contributed by atoms with Crippen LogP contribution in [0.1, 0.15) is 44.7 Å². The molecule has 0 radical (unpaired) electrons. The zero-order chi connectivity index (χ0) is 13.0. The van der Waals surface area contributed by atoms with Crippen LogP contribution in [-0.2, 0) is 11.2 Å². The summed E-state index contributed by atoms with van der Waals surface area (Å²) in [6.45, 7) is 2.23. The number of amides is 1. The molecule has 0 aromatic carbocycles. The summed E-state index contributed by atoms with van der Waals surface area (Å²) in [5.74, 6) is 0.649. The molecule has 1 aliphatic carbocycles. The molecule has 1 aliphatic rings. The minimum Gasteiger partial charge on any atom is -0.375 e. The Morgan fingerprint density at radius 1 is 1.50 bits per heavy atom. The minimum absolute atomic E-state index is 0.0686. The first-order chi connectivity index (χ1) is 8.65. The highest BCUT2D eigenvalue weighted by Crippen LogP contribution is 2.23. The van der Waals surface area contributed by atoms with Gasteiger partial charge in [0.15, 0.2) is 5.13 Å². The number of thiazole rings is 1. The molecule has 2 rings (SSSR count). The van der Waals surface area contributed by atoms with E-state index in [1.165, 1.54) is 37.0 Å². The van der Waals surface area contributed by atoms with Crippen molar-refractivity contribution in [3.05, 3.63) is 11.1 Å². The van der Waals surface area contributed by atoms with E-state index in [1.54, 1.807) is 0 Å². The molecule has 1 fully saturated rings. The Morgan fingerprint density at radius 3 is 3.00 bits per heavy atom. The topological polar surface area (TPSA) is 68.0 Å². The molecule has 100 valence electrons. The Balaban J connectivity index is 1.86. The largest absolute Gasteiger partial charge is 0.375 e. The molecule has 0 spiro atoms. The van der Waals surface area contributed by atoms with Gasteiger partial charge in [0, 0.05) is 11.4 Å². The molecular formula is C13H21N3OS. The number of nitrogens with one attached hydrogen (secondary N) is 1. The van der Waals surface area contributed by atoms with Crippen LogP contribution in [0.25, 0.3) is 0 Å². The van der Waals surface area contributed by atoms with Crippen molar-refractivity contribution in [3.8, 4) is 0 Å². The van der Waals surface area contributed by atoms with Crippen molar-refractivity contribution in [1.82, 2.24) is 10.3 Å². The standard InChI is InChI=1S/C13H21N3OS/c1-9-5-3-2-4-6-11(9)16-12(17)7-10-8-18-13(14)15-10/h8-9,11H,2-7H2,1H3,(H2,14,15)(H,16,17). The van der Waals surface area contributed by atoms with Crippen LogP contribution in [-0.4, -0.2) is 16.9 Å². The highest BCUT2D eigenvalue weighted by molar-refractivity contribution is 7.13. The number of aromatic nitrogens is 1. The van der Waals surface area contributed by atoms with E-state index in [-0.39, 0.29) is 5.91 Å². The molecule has 3 N–H and O–H groups in total. The fourth-order valence-corrected chi connectivity index (χ4v) is 3.10. The number of nitrogen functional groups attached to an aromatic ring is 1. The van der Waals surface area contributed by atoms with Crippen molar-refractivity contribution in [1.29, 1.82) is 0 Å². The molecule has 1 aromatic rings. The number of rotatable bonds is 3. The van der Waals surface area contributed by atoms with E-state index in [2.05, 4.69) is 17.2 Å². The van der Waals surface area contributed by atoms with Gasteiger partial charge in [0.1, 0.15) is 0 Å². The lowest BCUT2D eigenvalue weighted by Crippen LogP contribution is -2.39. The minimum atomic E-state index is 0.0686. The van der Waals surface area contributed by atoms with Gasteiger partial charge in [0.05, 0.1) is 12.1 Å². The number of hydrogen-bond acceptors (Lipinski definition) is 4. The average Bonchev–Trinajstić information content (AvgIpc) is 2.61. The smallest absolute Gasteiger partial charge is 0.226 e. The van der Waals surface area contributed by atoms with E-state index in [1.807, 2.05) is 5.38 Å². The number of carbonyl (C=O) groups excluding carboxylic acids is 1. The normalized spacial score (nSPS) is 24.5. The van der Waals surface area contributed by atoms with E-state index in [0.717, 1.165) is 12.1 Å². The summed E-state index contributed by atoms with van der Waals surface area (Å²) in [4.78, 5) is 16.1. The molecule has 0 aliphatic heterocycles. The second-order valence-electron chi connectivity index (χ2n) is 5.14. The van der Waals surface area contributed by atoms with Crippen molar-refractivity contribution < 1.29 is 4.79 Å². The van der Waals surface area contributed by atoms with Crippen molar-refractivity contribution in [2.75, 3.05) is 5.73 Å². The van der Waals surface area contributed by atoms with Crippen LogP contribution in [0, 0.1) is 5.92 Å². The third-order valence-electron chi connectivity index (χ3n) is 3.62. The van der Waals surface area contributed by atoms with Crippen LogP contribution in [0.15, 0.2) is 5.38 Å². The Labute approximate surface area is 112 Å². The maximum Gasteiger partial charge on any atom is 0.226 e. The van der Waals surface area contributed by atoms with Crippen molar-refractivity contribution in [2.24, 2.45) is 5.92 Å². The molecule has 0 saturated heterocycles. The molecular weight excluding hydrogens is 246 g/mol. The highest BCUT2D eigenvalue weighted by atomic mass is 32.1. The van der Waals surface area contributed by atoms with Crippen LogP contribution in [0.3, 0.4) is 0 Å². The number of nitrogens with two attached hydrogens (primary N) is 1. The Hall–Kier alpha value is -1.10. The van der Waals surface area contributed by atoms with Gasteiger partial charge in [-0.05, 0) is 18.8 Å². The third-order valence-corrected chi connectivity index (χ3v) is 4.34. The van der Waals surface area contributed by atoms with Gasteiger partial charge in [-0.3, -0.25) is 4.79 Å². The quantitative estimate of drug-likeness (QED) is 0.826. The first-order valence-corrected chi connectivity index (χ1v) is 7.52. The van der Waals surface area contributed by atoms with Crippen LogP contribution in [0.4, 0.5) is 5.13 Å². The van der Waals surface area contributed by atoms with E-state index < -0.39 is 0 Å². The second-order valence-corrected chi connectivity index (χ2v) is 6.03. The first-order valence-electron chi connectivity index (χ1n) is 6.64. The number of anilines is 1. The van der Waals surface area contributed by atoms with E-state index >= 15 is 0 Å². The van der Waals surface area contributed by atoms with Gasteiger partial charge >= 0.3 is 0 Å². The van der Waals surface area contributed by atoms with Gasteiger partial charge in [-0.2, -0.15) is 0 Å². The lowest BCUT2D eigenvalue weighted by Gasteiger charge is -2.22. The van der Waals surface area contributed by atoms with Crippen LogP contribution >= 0.6 is 11.3 Å². The predicted molar refractivity (Wildman–Crippen MR) is 74.4 cm³/mol. The van der Waals surface area contributed by atoms with E-state index in [4.69, 9.17) is 5.73 Å². The van der Waals surface area contributed by atoms with Crippen molar-refractivity contribution in [2.45, 2.75) is 51.5 Å². The summed E-state index contributed by atoms with van der Waals surface area (Å²) >= 11 is 1.38. The molecule has 4 nitrogen and oxygen atoms in total. The summed E-state index contributed by atoms with van der Waals surface area (Å²) in [5, 5.41) is 5.53. The Bertz CT molecular complexity index is 405. The van der Waals surface area contributed by atoms with Gasteiger partial charge in [-0.15, -0.1) is 11.3 Å². The molecule has 1 aromatic heterocycles. The zero-order valence-electron chi connectivity index (χ0n) is 10.8. The summed E-state index contributed by atoms with van der Waals surface area (Å²) < 4.78 is 0. The number of hydrogen-bond donors (Lipinski definition) is 2. The summed E-state index contributed by atoms with van der Waals surface area (Å²) in [5.41, 5.74) is 6.33. The fourth-order valence-electron chi connectivity index (χ4n) is 2.53. The third kappa shape index (κ3) is 3.70. The van der Waals surface area contributed by atoms with Crippen LogP contribution in [0.2, 0.25) is 0 Å². The summed E-state index contributed by atoms with van der Waals surface area (Å²) in [6, 6.07) is 0.330. The Morgan fingerprint density at radius 2 is 2.28 bits per heavy atom. The second kappa shape index (κ2) is 6.18. The molecule has 2 unspecified atom stereocenters. The molecule has 1 amide bonds. The van der Waals surface area contributed by atoms with Gasteiger partial charge in [0.2, 0.25) is 5.91 Å². The Kier molecular flexibility index (Phi) is 4.58. The molecule has 1 saturated carbocycles. The first kappa shape index (κ1) is 13.3. The van der Waals surface area contributed by atoms with E-state index in [0.29, 0.717) is 23.5 Å². The van der Waals surface area contributed by atoms with Crippen molar-refractivity contribution in [3.63, 3.8) is 0 Å². The SMILES string of the molecule is CC1CCCCCC1NC(=O)Cc1csc(N)n1. The molecule has 18 heavy (non-hydrogen) atoms. The average molecular weight is 267 g/mol. The van der Waals surface area contributed by atoms with Crippen molar-refractivity contribution >= 4 is 22.4 Å². The monoisotopic (exact) mass is 267 g/mol. The van der Waals surface area contributed by atoms with Gasteiger partial charge in [-0.1, -0.05) is 26.2 Å². The molecule has 0 bridgehead atoms. The maximum absolute atomic E-state index is 12.0.